The first-order chi connectivity index (χ1) is 16.2. The minimum atomic E-state index is -4.60. The average Bonchev–Trinajstić information content (AvgIpc) is 2.84. The number of aromatic carboxylic acids is 1. The Labute approximate surface area is 222 Å². The predicted octanol–water partition coefficient (Wildman–Crippen LogP) is 3.50. The summed E-state index contributed by atoms with van der Waals surface area (Å²) >= 11 is 0. The van der Waals surface area contributed by atoms with E-state index in [9.17, 15) is 27.9 Å². The van der Waals surface area contributed by atoms with Gasteiger partial charge in [-0.05, 0) is 41.0 Å². The number of anilines is 1. The molecule has 0 radical (unpaired) electrons. The maximum atomic E-state index is 13.5. The molecular formula is C26H18F3N2NaO3. The molecule has 1 aromatic heterocycles. The molecule has 0 aliphatic carbocycles. The summed E-state index contributed by atoms with van der Waals surface area (Å²) in [6, 6.07) is 19.5. The molecule has 0 aliphatic heterocycles. The topological polar surface area (TPSA) is 79.3 Å². The molecule has 5 nitrogen and oxygen atoms in total. The average molecular weight is 486 g/mol. The molecule has 0 fully saturated rings. The molecule has 0 saturated heterocycles. The number of rotatable bonds is 5. The zero-order chi connectivity index (χ0) is 24.3. The van der Waals surface area contributed by atoms with E-state index in [1.807, 2.05) is 30.3 Å². The number of hydrogen-bond donors (Lipinski definition) is 2. The maximum absolute atomic E-state index is 13.5. The molecule has 4 rings (SSSR count). The molecule has 4 aromatic rings. The van der Waals surface area contributed by atoms with Crippen molar-refractivity contribution in [3.05, 3.63) is 108 Å². The number of carbonyl (C=O) groups excluding carboxylic acids is 1. The van der Waals surface area contributed by atoms with Crippen molar-refractivity contribution in [2.45, 2.75) is 6.18 Å². The maximum Gasteiger partial charge on any atom is 1.00 e. The van der Waals surface area contributed by atoms with Crippen LogP contribution in [0.3, 0.4) is 0 Å². The number of pyridine rings is 1. The third-order valence-corrected chi connectivity index (χ3v) is 5.15. The van der Waals surface area contributed by atoms with Crippen molar-refractivity contribution >= 4 is 17.6 Å². The van der Waals surface area contributed by atoms with E-state index < -0.39 is 23.6 Å². The molecule has 9 heteroatoms. The quantitative estimate of drug-likeness (QED) is 0.424. The summed E-state index contributed by atoms with van der Waals surface area (Å²) in [5.41, 5.74) is 0.417. The van der Waals surface area contributed by atoms with Crippen LogP contribution in [0.2, 0.25) is 0 Å². The van der Waals surface area contributed by atoms with Gasteiger partial charge < -0.3 is 11.8 Å². The van der Waals surface area contributed by atoms with Crippen LogP contribution in [0.1, 0.15) is 27.7 Å². The molecule has 2 N–H and O–H groups in total. The second kappa shape index (κ2) is 10.9. The number of nitrogens with zero attached hydrogens (tertiary/aromatic N) is 1. The van der Waals surface area contributed by atoms with Crippen LogP contribution in [-0.4, -0.2) is 22.0 Å². The first-order valence-corrected chi connectivity index (χ1v) is 10.1. The van der Waals surface area contributed by atoms with Crippen molar-refractivity contribution in [1.29, 1.82) is 0 Å². The van der Waals surface area contributed by atoms with E-state index in [1.165, 1.54) is 42.6 Å². The summed E-state index contributed by atoms with van der Waals surface area (Å²) in [7, 11) is 0. The van der Waals surface area contributed by atoms with E-state index in [0.717, 1.165) is 11.6 Å². The summed E-state index contributed by atoms with van der Waals surface area (Å²) in [6.07, 6.45) is -1.69. The number of halogens is 3. The normalized spacial score (nSPS) is 10.8. The van der Waals surface area contributed by atoms with Crippen LogP contribution in [0.15, 0.2) is 91.3 Å². The smallest absolute Gasteiger partial charge is 1.00 e. The van der Waals surface area contributed by atoms with Gasteiger partial charge in [0.15, 0.2) is 0 Å². The van der Waals surface area contributed by atoms with Gasteiger partial charge in [0, 0.05) is 18.0 Å². The number of hydrogen-bond acceptors (Lipinski definition) is 3. The summed E-state index contributed by atoms with van der Waals surface area (Å²) < 4.78 is 40.4. The minimum Gasteiger partial charge on any atom is -1.00 e. The van der Waals surface area contributed by atoms with Crippen LogP contribution in [0.25, 0.3) is 22.3 Å². The molecule has 0 atom stereocenters. The van der Waals surface area contributed by atoms with Gasteiger partial charge in [0.2, 0.25) is 0 Å². The van der Waals surface area contributed by atoms with Gasteiger partial charge in [-0.15, -0.1) is 0 Å². The fraction of sp³-hybridized carbons (Fsp3) is 0.0385. The Kier molecular flexibility index (Phi) is 8.11. The molecule has 1 heterocycles. The first kappa shape index (κ1) is 26.2. The number of benzene rings is 3. The molecular weight excluding hydrogens is 468 g/mol. The molecule has 0 saturated carbocycles. The Morgan fingerprint density at radius 1 is 0.829 bits per heavy atom. The van der Waals surface area contributed by atoms with Gasteiger partial charge in [0.25, 0.3) is 5.91 Å². The van der Waals surface area contributed by atoms with Crippen LogP contribution >= 0.6 is 0 Å². The van der Waals surface area contributed by atoms with E-state index in [-0.39, 0.29) is 58.9 Å². The second-order valence-corrected chi connectivity index (χ2v) is 7.39. The van der Waals surface area contributed by atoms with Crippen molar-refractivity contribution in [2.24, 2.45) is 0 Å². The van der Waals surface area contributed by atoms with Crippen molar-refractivity contribution in [3.8, 4) is 22.3 Å². The molecule has 3 aromatic carbocycles. The monoisotopic (exact) mass is 486 g/mol. The third-order valence-electron chi connectivity index (χ3n) is 5.15. The molecule has 172 valence electrons. The molecule has 0 bridgehead atoms. The second-order valence-electron chi connectivity index (χ2n) is 7.39. The van der Waals surface area contributed by atoms with E-state index in [4.69, 9.17) is 0 Å². The van der Waals surface area contributed by atoms with Crippen LogP contribution in [0.4, 0.5) is 18.9 Å². The van der Waals surface area contributed by atoms with Gasteiger partial charge in [0.1, 0.15) is 0 Å². The van der Waals surface area contributed by atoms with Crippen molar-refractivity contribution < 1.29 is 58.9 Å². The summed E-state index contributed by atoms with van der Waals surface area (Å²) in [4.78, 5) is 28.7. The molecule has 1 amide bonds. The number of carboxylic acids is 1. The number of amides is 1. The molecule has 0 spiro atoms. The fourth-order valence-corrected chi connectivity index (χ4v) is 3.53. The number of carboxylic acid groups (broad SMARTS) is 1. The number of aromatic nitrogens is 1. The summed E-state index contributed by atoms with van der Waals surface area (Å²) in [5, 5.41) is 12.1. The summed E-state index contributed by atoms with van der Waals surface area (Å²) in [5.74, 6) is -1.98. The standard InChI is InChI=1S/C26H17F3N2O3.Na.H/c27-26(28,29)22-9-5-4-8-20(22)17-10-11-21(25(33)34)23(13-17)31-24(32)19-12-18(14-30-15-19)16-6-2-1-3-7-16;;/h1-15H,(H,31,32)(H,33,34);;/q;+1;-1. The number of alkyl halides is 3. The zero-order valence-electron chi connectivity index (χ0n) is 19.5. The summed E-state index contributed by atoms with van der Waals surface area (Å²) in [6.45, 7) is 0. The van der Waals surface area contributed by atoms with Gasteiger partial charge in [-0.1, -0.05) is 54.6 Å². The Balaban J connectivity index is 0.00000228. The first-order valence-electron chi connectivity index (χ1n) is 10.1. The fourth-order valence-electron chi connectivity index (χ4n) is 3.53. The van der Waals surface area contributed by atoms with Gasteiger partial charge in [-0.2, -0.15) is 13.2 Å². The van der Waals surface area contributed by atoms with Gasteiger partial charge >= 0.3 is 41.7 Å². The number of carbonyl (C=O) groups is 2. The van der Waals surface area contributed by atoms with E-state index in [0.29, 0.717) is 5.56 Å². The molecule has 0 aliphatic rings. The van der Waals surface area contributed by atoms with Crippen LogP contribution in [-0.2, 0) is 6.18 Å². The Bertz CT molecular complexity index is 1380. The van der Waals surface area contributed by atoms with E-state index >= 15 is 0 Å². The zero-order valence-corrected chi connectivity index (χ0v) is 20.5. The van der Waals surface area contributed by atoms with E-state index in [1.54, 1.807) is 12.3 Å². The Hall–Kier alpha value is -3.46. The van der Waals surface area contributed by atoms with E-state index in [2.05, 4.69) is 10.3 Å². The van der Waals surface area contributed by atoms with Crippen molar-refractivity contribution in [3.63, 3.8) is 0 Å². The number of nitrogens with one attached hydrogen (secondary N) is 1. The van der Waals surface area contributed by atoms with Gasteiger partial charge in [-0.25, -0.2) is 4.79 Å². The Morgan fingerprint density at radius 2 is 1.51 bits per heavy atom. The third kappa shape index (κ3) is 5.97. The largest absolute Gasteiger partial charge is 1.00 e. The van der Waals surface area contributed by atoms with Gasteiger partial charge in [-0.3, -0.25) is 9.78 Å². The van der Waals surface area contributed by atoms with Crippen molar-refractivity contribution in [2.75, 3.05) is 5.32 Å². The van der Waals surface area contributed by atoms with Crippen LogP contribution in [0.5, 0.6) is 0 Å². The molecule has 35 heavy (non-hydrogen) atoms. The van der Waals surface area contributed by atoms with Gasteiger partial charge in [0.05, 0.1) is 22.4 Å². The minimum absolute atomic E-state index is 0. The van der Waals surface area contributed by atoms with Crippen LogP contribution in [0, 0.1) is 0 Å². The SMILES string of the molecule is O=C(Nc1cc(-c2ccccc2C(F)(F)F)ccc1C(=O)O)c1cncc(-c2ccccc2)c1.[H-].[Na+]. The molecule has 0 unspecified atom stereocenters. The predicted molar refractivity (Wildman–Crippen MR) is 123 cm³/mol. The Morgan fingerprint density at radius 3 is 2.20 bits per heavy atom. The van der Waals surface area contributed by atoms with Crippen molar-refractivity contribution in [1.82, 2.24) is 4.98 Å². The van der Waals surface area contributed by atoms with Crippen LogP contribution < -0.4 is 34.9 Å².